The molecule has 0 aromatic heterocycles. The molecule has 2 aromatic carbocycles. The molecule has 0 aliphatic heterocycles. The summed E-state index contributed by atoms with van der Waals surface area (Å²) in [7, 11) is -2.36. The van der Waals surface area contributed by atoms with Crippen molar-refractivity contribution in [2.75, 3.05) is 30.8 Å². The van der Waals surface area contributed by atoms with E-state index in [0.717, 1.165) is 14.8 Å². The van der Waals surface area contributed by atoms with Crippen LogP contribution in [0.5, 0.6) is 0 Å². The molecule has 0 saturated heterocycles. The predicted octanol–water partition coefficient (Wildman–Crippen LogP) is 3.06. The topological polar surface area (TPSA) is 75.7 Å². The fraction of sp³-hybridized carbons (Fsp3) is 0.350. The van der Waals surface area contributed by atoms with E-state index in [-0.39, 0.29) is 17.5 Å². The Balaban J connectivity index is 2.36. The third-order valence-electron chi connectivity index (χ3n) is 4.08. The highest BCUT2D eigenvalue weighted by molar-refractivity contribution is 7.98. The Kier molecular flexibility index (Phi) is 7.91. The number of ether oxygens (including phenoxy) is 1. The minimum absolute atomic E-state index is 0.142. The van der Waals surface area contributed by atoms with E-state index < -0.39 is 15.9 Å². The number of hydrogen-bond acceptors (Lipinski definition) is 5. The molecule has 0 saturated carbocycles. The Hall–Kier alpha value is -2.03. The number of sulfonamides is 1. The Bertz CT molecular complexity index is 881. The molecule has 0 aliphatic carbocycles. The smallest absolute Gasteiger partial charge is 0.264 e. The van der Waals surface area contributed by atoms with Crippen LogP contribution in [0.15, 0.2) is 58.3 Å². The van der Waals surface area contributed by atoms with Gasteiger partial charge in [-0.15, -0.1) is 11.8 Å². The quantitative estimate of drug-likeness (QED) is 0.629. The van der Waals surface area contributed by atoms with Gasteiger partial charge in [-0.25, -0.2) is 8.42 Å². The number of thioether (sulfide) groups is 1. The van der Waals surface area contributed by atoms with Crippen LogP contribution < -0.4 is 9.62 Å². The van der Waals surface area contributed by atoms with Gasteiger partial charge < -0.3 is 10.1 Å². The van der Waals surface area contributed by atoms with Crippen LogP contribution in [0.1, 0.15) is 12.5 Å². The SMILES string of the molecule is COC[C@@H](C)NC(=O)CN(c1ccc(C)cc1)S(=O)(=O)c1ccc(SC)cc1. The number of nitrogens with one attached hydrogen (secondary N) is 1. The van der Waals surface area contributed by atoms with Crippen molar-refractivity contribution in [2.45, 2.75) is 29.7 Å². The van der Waals surface area contributed by atoms with Crippen molar-refractivity contribution in [1.29, 1.82) is 0 Å². The van der Waals surface area contributed by atoms with Gasteiger partial charge in [-0.2, -0.15) is 0 Å². The van der Waals surface area contributed by atoms with Gasteiger partial charge in [-0.1, -0.05) is 17.7 Å². The molecule has 1 N–H and O–H groups in total. The van der Waals surface area contributed by atoms with E-state index in [0.29, 0.717) is 12.3 Å². The zero-order valence-corrected chi connectivity index (χ0v) is 18.1. The van der Waals surface area contributed by atoms with E-state index in [4.69, 9.17) is 4.74 Å². The molecule has 0 aliphatic rings. The number of aryl methyl sites for hydroxylation is 1. The number of anilines is 1. The average Bonchev–Trinajstić information content (AvgIpc) is 2.67. The van der Waals surface area contributed by atoms with Crippen LogP contribution in [0.25, 0.3) is 0 Å². The summed E-state index contributed by atoms with van der Waals surface area (Å²) in [6.07, 6.45) is 1.92. The van der Waals surface area contributed by atoms with Gasteiger partial charge in [0.15, 0.2) is 0 Å². The van der Waals surface area contributed by atoms with Gasteiger partial charge in [-0.3, -0.25) is 9.10 Å². The molecule has 6 nitrogen and oxygen atoms in total. The number of hydrogen-bond donors (Lipinski definition) is 1. The molecule has 0 radical (unpaired) electrons. The van der Waals surface area contributed by atoms with Crippen molar-refractivity contribution in [2.24, 2.45) is 0 Å². The highest BCUT2D eigenvalue weighted by Crippen LogP contribution is 2.25. The molecular formula is C20H26N2O4S2. The second-order valence-corrected chi connectivity index (χ2v) is 9.19. The maximum atomic E-state index is 13.3. The van der Waals surface area contributed by atoms with E-state index in [1.165, 1.54) is 11.8 Å². The zero-order valence-electron chi connectivity index (χ0n) is 16.5. The van der Waals surface area contributed by atoms with E-state index in [1.54, 1.807) is 50.4 Å². The Labute approximate surface area is 171 Å². The minimum Gasteiger partial charge on any atom is -0.383 e. The Morgan fingerprint density at radius 2 is 1.75 bits per heavy atom. The molecule has 0 unspecified atom stereocenters. The molecule has 8 heteroatoms. The highest BCUT2D eigenvalue weighted by atomic mass is 32.2. The number of carbonyl (C=O) groups excluding carboxylic acids is 1. The first-order valence-electron chi connectivity index (χ1n) is 8.79. The second-order valence-electron chi connectivity index (χ2n) is 6.45. The number of rotatable bonds is 9. The number of carbonyl (C=O) groups is 1. The van der Waals surface area contributed by atoms with Crippen LogP contribution in [0.2, 0.25) is 0 Å². The number of amides is 1. The number of nitrogens with zero attached hydrogens (tertiary/aromatic N) is 1. The van der Waals surface area contributed by atoms with Crippen molar-refractivity contribution in [3.8, 4) is 0 Å². The van der Waals surface area contributed by atoms with E-state index in [2.05, 4.69) is 5.32 Å². The average molecular weight is 423 g/mol. The summed E-state index contributed by atoms with van der Waals surface area (Å²) < 4.78 is 32.7. The normalized spacial score (nSPS) is 12.4. The summed E-state index contributed by atoms with van der Waals surface area (Å²) in [5.41, 5.74) is 1.44. The summed E-state index contributed by atoms with van der Waals surface area (Å²) >= 11 is 1.53. The lowest BCUT2D eigenvalue weighted by Gasteiger charge is -2.25. The lowest BCUT2D eigenvalue weighted by Crippen LogP contribution is -2.44. The van der Waals surface area contributed by atoms with Crippen LogP contribution in [-0.4, -0.2) is 46.9 Å². The summed E-state index contributed by atoms with van der Waals surface area (Å²) in [4.78, 5) is 13.6. The molecule has 2 aromatic rings. The lowest BCUT2D eigenvalue weighted by atomic mass is 10.2. The van der Waals surface area contributed by atoms with Crippen molar-refractivity contribution in [1.82, 2.24) is 5.32 Å². The van der Waals surface area contributed by atoms with Crippen LogP contribution in [-0.2, 0) is 19.6 Å². The second kappa shape index (κ2) is 9.95. The molecule has 28 heavy (non-hydrogen) atoms. The van der Waals surface area contributed by atoms with Crippen molar-refractivity contribution in [3.63, 3.8) is 0 Å². The van der Waals surface area contributed by atoms with Crippen molar-refractivity contribution in [3.05, 3.63) is 54.1 Å². The van der Waals surface area contributed by atoms with Gasteiger partial charge in [0.2, 0.25) is 5.91 Å². The molecule has 152 valence electrons. The van der Waals surface area contributed by atoms with Gasteiger partial charge >= 0.3 is 0 Å². The summed E-state index contributed by atoms with van der Waals surface area (Å²) in [5.74, 6) is -0.394. The van der Waals surface area contributed by atoms with Gasteiger partial charge in [-0.05, 0) is 56.5 Å². The fourth-order valence-electron chi connectivity index (χ4n) is 2.64. The first kappa shape index (κ1) is 22.3. The first-order valence-corrected chi connectivity index (χ1v) is 11.5. The summed E-state index contributed by atoms with van der Waals surface area (Å²) in [6, 6.07) is 13.5. The molecule has 0 heterocycles. The fourth-order valence-corrected chi connectivity index (χ4v) is 4.47. The minimum atomic E-state index is -3.90. The highest BCUT2D eigenvalue weighted by Gasteiger charge is 2.27. The van der Waals surface area contributed by atoms with Crippen LogP contribution >= 0.6 is 11.8 Å². The van der Waals surface area contributed by atoms with Gasteiger partial charge in [0.25, 0.3) is 10.0 Å². The summed E-state index contributed by atoms with van der Waals surface area (Å²) in [6.45, 7) is 3.75. The van der Waals surface area contributed by atoms with Crippen LogP contribution in [0.3, 0.4) is 0 Å². The molecule has 0 bridgehead atoms. The molecule has 1 atom stereocenters. The third kappa shape index (κ3) is 5.73. The Morgan fingerprint density at radius 1 is 1.14 bits per heavy atom. The van der Waals surface area contributed by atoms with E-state index in [1.807, 2.05) is 25.3 Å². The maximum absolute atomic E-state index is 13.3. The van der Waals surface area contributed by atoms with Crippen LogP contribution in [0, 0.1) is 6.92 Å². The van der Waals surface area contributed by atoms with Crippen LogP contribution in [0.4, 0.5) is 5.69 Å². The molecule has 0 spiro atoms. The largest absolute Gasteiger partial charge is 0.383 e. The van der Waals surface area contributed by atoms with Crippen molar-refractivity contribution >= 4 is 33.4 Å². The monoisotopic (exact) mass is 422 g/mol. The maximum Gasteiger partial charge on any atom is 0.264 e. The first-order chi connectivity index (χ1) is 13.3. The standard InChI is InChI=1S/C20H26N2O4S2/c1-15-5-7-17(8-6-15)22(13-20(23)21-16(2)14-26-3)28(24,25)19-11-9-18(27-4)10-12-19/h5-12,16H,13-14H2,1-4H3,(H,21,23)/t16-/m1/s1. The summed E-state index contributed by atoms with van der Waals surface area (Å²) in [5, 5.41) is 2.76. The van der Waals surface area contributed by atoms with Gasteiger partial charge in [0.1, 0.15) is 6.54 Å². The molecular weight excluding hydrogens is 396 g/mol. The van der Waals surface area contributed by atoms with E-state index >= 15 is 0 Å². The van der Waals surface area contributed by atoms with Crippen molar-refractivity contribution < 1.29 is 17.9 Å². The van der Waals surface area contributed by atoms with Gasteiger partial charge in [0, 0.05) is 18.0 Å². The Morgan fingerprint density at radius 3 is 2.29 bits per heavy atom. The molecule has 0 fully saturated rings. The number of methoxy groups -OCH3 is 1. The molecule has 2 rings (SSSR count). The molecule has 1 amide bonds. The predicted molar refractivity (Wildman–Crippen MR) is 113 cm³/mol. The third-order valence-corrected chi connectivity index (χ3v) is 6.61. The zero-order chi connectivity index (χ0) is 20.7. The number of benzene rings is 2. The lowest BCUT2D eigenvalue weighted by molar-refractivity contribution is -0.120. The van der Waals surface area contributed by atoms with E-state index in [9.17, 15) is 13.2 Å². The van der Waals surface area contributed by atoms with Gasteiger partial charge in [0.05, 0.1) is 17.2 Å².